The fraction of sp³-hybridized carbons (Fsp3) is 0.417. The number of carbonyl (C=O) groups excluding carboxylic acids is 4. The lowest BCUT2D eigenvalue weighted by Crippen LogP contribution is -2.35. The highest BCUT2D eigenvalue weighted by Crippen LogP contribution is 2.32. The second kappa shape index (κ2) is 9.98. The summed E-state index contributed by atoms with van der Waals surface area (Å²) in [6, 6.07) is 0. The number of aromatic amines is 2. The lowest BCUT2D eigenvalue weighted by molar-refractivity contribution is -0.143. The molecule has 180 valence electrons. The molecule has 0 bridgehead atoms. The van der Waals surface area contributed by atoms with Crippen LogP contribution in [0.4, 0.5) is 0 Å². The molecule has 2 heterocycles. The molecule has 0 spiro atoms. The largest absolute Gasteiger partial charge is 0.461 e. The quantitative estimate of drug-likeness (QED) is 0.473. The molecule has 0 saturated heterocycles. The van der Waals surface area contributed by atoms with E-state index in [0.29, 0.717) is 36.8 Å². The Hall–Kier alpha value is -3.82. The molecular weight excluding hydrogens is 444 g/mol. The highest BCUT2D eigenvalue weighted by atomic mass is 16.5. The number of hydrogen-bond acceptors (Lipinski definition) is 8. The number of ketones is 2. The van der Waals surface area contributed by atoms with Crippen LogP contribution in [-0.4, -0.2) is 33.5 Å². The van der Waals surface area contributed by atoms with E-state index in [1.165, 1.54) is 13.8 Å². The smallest absolute Gasteiger partial charge is 0.302 e. The molecule has 0 saturated carbocycles. The molecule has 10 nitrogen and oxygen atoms in total. The molecule has 0 fully saturated rings. The molecule has 3 rings (SSSR count). The van der Waals surface area contributed by atoms with Crippen molar-refractivity contribution < 1.29 is 28.7 Å². The standard InChI is InChI=1S/C24H26N2O8/c1-5-7-13-15(9-33-11(3)27)23(31)25-19-17(13)21(29)18-14(8-6-2)16(10-34-12(4)28)24(32)26-20(18)22(19)30/h5-10H2,1-4H3,(H,25,31)(H,26,32). The number of carbonyl (C=O) groups is 4. The number of rotatable bonds is 8. The van der Waals surface area contributed by atoms with E-state index in [0.717, 1.165) is 0 Å². The van der Waals surface area contributed by atoms with Crippen molar-refractivity contribution >= 4 is 23.5 Å². The summed E-state index contributed by atoms with van der Waals surface area (Å²) in [4.78, 5) is 80.3. The Morgan fingerprint density at radius 3 is 1.35 bits per heavy atom. The van der Waals surface area contributed by atoms with E-state index in [-0.39, 0.29) is 46.9 Å². The van der Waals surface area contributed by atoms with Crippen LogP contribution < -0.4 is 11.1 Å². The van der Waals surface area contributed by atoms with Crippen molar-refractivity contribution in [1.82, 2.24) is 9.97 Å². The summed E-state index contributed by atoms with van der Waals surface area (Å²) in [5.41, 5.74) is -0.765. The van der Waals surface area contributed by atoms with Crippen LogP contribution in [0.3, 0.4) is 0 Å². The van der Waals surface area contributed by atoms with Crippen LogP contribution in [0.1, 0.15) is 94.9 Å². The molecule has 0 aliphatic heterocycles. The zero-order chi connectivity index (χ0) is 25.2. The summed E-state index contributed by atoms with van der Waals surface area (Å²) in [7, 11) is 0. The van der Waals surface area contributed by atoms with Crippen LogP contribution in [0.25, 0.3) is 0 Å². The number of ether oxygens (including phenoxy) is 2. The van der Waals surface area contributed by atoms with Crippen molar-refractivity contribution in [3.8, 4) is 0 Å². The molecule has 10 heteroatoms. The number of aromatic nitrogens is 2. The van der Waals surface area contributed by atoms with Crippen LogP contribution in [0.15, 0.2) is 9.59 Å². The van der Waals surface area contributed by atoms with Crippen molar-refractivity contribution in [3.63, 3.8) is 0 Å². The summed E-state index contributed by atoms with van der Waals surface area (Å²) >= 11 is 0. The van der Waals surface area contributed by atoms with E-state index in [2.05, 4.69) is 9.97 Å². The Bertz CT molecular complexity index is 1220. The van der Waals surface area contributed by atoms with Gasteiger partial charge in [0, 0.05) is 13.8 Å². The summed E-state index contributed by atoms with van der Waals surface area (Å²) < 4.78 is 10.0. The number of fused-ring (bicyclic) bond motifs is 2. The fourth-order valence-electron chi connectivity index (χ4n) is 4.18. The van der Waals surface area contributed by atoms with Crippen molar-refractivity contribution in [1.29, 1.82) is 0 Å². The summed E-state index contributed by atoms with van der Waals surface area (Å²) in [6.07, 6.45) is 1.71. The predicted molar refractivity (Wildman–Crippen MR) is 120 cm³/mol. The van der Waals surface area contributed by atoms with Gasteiger partial charge >= 0.3 is 11.9 Å². The normalized spacial score (nSPS) is 12.2. The number of nitrogens with one attached hydrogen (secondary N) is 2. The third kappa shape index (κ3) is 4.48. The zero-order valence-corrected chi connectivity index (χ0v) is 19.5. The second-order valence-corrected chi connectivity index (χ2v) is 8.04. The fourth-order valence-corrected chi connectivity index (χ4v) is 4.18. The molecule has 0 aromatic carbocycles. The molecule has 0 radical (unpaired) electrons. The zero-order valence-electron chi connectivity index (χ0n) is 19.5. The van der Waals surface area contributed by atoms with E-state index in [4.69, 9.17) is 9.47 Å². The van der Waals surface area contributed by atoms with Gasteiger partial charge in [-0.1, -0.05) is 26.7 Å². The molecule has 34 heavy (non-hydrogen) atoms. The minimum absolute atomic E-state index is 0.0314. The maximum absolute atomic E-state index is 13.8. The first-order chi connectivity index (χ1) is 16.1. The van der Waals surface area contributed by atoms with Crippen LogP contribution in [-0.2, 0) is 45.1 Å². The van der Waals surface area contributed by atoms with Crippen LogP contribution in [0, 0.1) is 0 Å². The van der Waals surface area contributed by atoms with Gasteiger partial charge in [-0.15, -0.1) is 0 Å². The average molecular weight is 470 g/mol. The Kier molecular flexibility index (Phi) is 7.29. The number of H-pyrrole nitrogens is 2. The van der Waals surface area contributed by atoms with Gasteiger partial charge in [-0.25, -0.2) is 0 Å². The molecule has 1 aliphatic rings. The van der Waals surface area contributed by atoms with Crippen molar-refractivity contribution in [2.24, 2.45) is 0 Å². The first-order valence-electron chi connectivity index (χ1n) is 11.0. The van der Waals surface area contributed by atoms with E-state index >= 15 is 0 Å². The Morgan fingerprint density at radius 1 is 0.647 bits per heavy atom. The minimum atomic E-state index is -0.688. The molecule has 0 amide bonds. The number of pyridine rings is 2. The van der Waals surface area contributed by atoms with Crippen molar-refractivity contribution in [3.05, 3.63) is 65.5 Å². The minimum Gasteiger partial charge on any atom is -0.461 e. The van der Waals surface area contributed by atoms with Gasteiger partial charge in [-0.05, 0) is 24.0 Å². The highest BCUT2D eigenvalue weighted by molar-refractivity contribution is 6.28. The summed E-state index contributed by atoms with van der Waals surface area (Å²) in [6.45, 7) is 5.43. The summed E-state index contributed by atoms with van der Waals surface area (Å²) in [5.74, 6) is -2.40. The predicted octanol–water partition coefficient (Wildman–Crippen LogP) is 1.87. The van der Waals surface area contributed by atoms with Crippen LogP contribution >= 0.6 is 0 Å². The number of esters is 2. The molecule has 1 aliphatic carbocycles. The summed E-state index contributed by atoms with van der Waals surface area (Å²) in [5, 5.41) is 0. The second-order valence-electron chi connectivity index (χ2n) is 8.04. The van der Waals surface area contributed by atoms with E-state index in [9.17, 15) is 28.8 Å². The van der Waals surface area contributed by atoms with Gasteiger partial charge in [0.05, 0.1) is 22.3 Å². The molecule has 2 aromatic heterocycles. The third-order valence-corrected chi connectivity index (χ3v) is 5.61. The first kappa shape index (κ1) is 24.8. The van der Waals surface area contributed by atoms with Gasteiger partial charge in [0.25, 0.3) is 11.1 Å². The molecular formula is C24H26N2O8. The topological polar surface area (TPSA) is 152 Å². The SMILES string of the molecule is CCCc1c2c([nH]c(=O)c1COC(C)=O)C(=O)c1[nH]c(=O)c(COC(C)=O)c(CCC)c1C2=O. The van der Waals surface area contributed by atoms with Gasteiger partial charge in [0.1, 0.15) is 24.6 Å². The molecule has 2 N–H and O–H groups in total. The van der Waals surface area contributed by atoms with E-state index in [1.54, 1.807) is 0 Å². The maximum Gasteiger partial charge on any atom is 0.302 e. The lowest BCUT2D eigenvalue weighted by atomic mass is 9.81. The number of hydrogen-bond donors (Lipinski definition) is 2. The third-order valence-electron chi connectivity index (χ3n) is 5.61. The molecule has 0 atom stereocenters. The van der Waals surface area contributed by atoms with Gasteiger partial charge in [0.15, 0.2) is 5.78 Å². The Morgan fingerprint density at radius 2 is 1.03 bits per heavy atom. The van der Waals surface area contributed by atoms with Gasteiger partial charge < -0.3 is 19.4 Å². The molecule has 2 aromatic rings. The Labute approximate surface area is 194 Å². The monoisotopic (exact) mass is 470 g/mol. The Balaban J connectivity index is 2.32. The maximum atomic E-state index is 13.8. The first-order valence-corrected chi connectivity index (χ1v) is 11.0. The van der Waals surface area contributed by atoms with Gasteiger partial charge in [0.2, 0.25) is 5.78 Å². The molecule has 0 unspecified atom stereocenters. The highest BCUT2D eigenvalue weighted by Gasteiger charge is 2.38. The van der Waals surface area contributed by atoms with Gasteiger partial charge in [-0.3, -0.25) is 28.8 Å². The van der Waals surface area contributed by atoms with Gasteiger partial charge in [-0.2, -0.15) is 0 Å². The average Bonchev–Trinajstić information content (AvgIpc) is 2.76. The van der Waals surface area contributed by atoms with E-state index in [1.807, 2.05) is 13.8 Å². The lowest BCUT2D eigenvalue weighted by Gasteiger charge is -2.24. The van der Waals surface area contributed by atoms with Crippen LogP contribution in [0.5, 0.6) is 0 Å². The van der Waals surface area contributed by atoms with Crippen molar-refractivity contribution in [2.75, 3.05) is 0 Å². The van der Waals surface area contributed by atoms with E-state index < -0.39 is 34.6 Å². The van der Waals surface area contributed by atoms with Crippen LogP contribution in [0.2, 0.25) is 0 Å². The van der Waals surface area contributed by atoms with Crippen molar-refractivity contribution in [2.45, 2.75) is 66.6 Å².